The third-order valence-electron chi connectivity index (χ3n) is 3.02. The molecule has 1 heteroatoms. The van der Waals surface area contributed by atoms with Crippen molar-refractivity contribution in [2.75, 3.05) is 0 Å². The third-order valence-corrected chi connectivity index (χ3v) is 3.02. The zero-order valence-corrected chi connectivity index (χ0v) is 12.2. The number of H-pyrrole nitrogens is 1. The van der Waals surface area contributed by atoms with Crippen LogP contribution in [0.25, 0.3) is 6.08 Å². The Bertz CT molecular complexity index is 703. The second-order valence-corrected chi connectivity index (χ2v) is 4.78. The fraction of sp³-hybridized carbons (Fsp3) is 0.158. The number of hydrogen-bond donors (Lipinski definition) is 1. The van der Waals surface area contributed by atoms with E-state index >= 15 is 0 Å². The summed E-state index contributed by atoms with van der Waals surface area (Å²) in [4.78, 5) is 3.18. The fourth-order valence-corrected chi connectivity index (χ4v) is 1.96. The first-order chi connectivity index (χ1) is 9.69. The van der Waals surface area contributed by atoms with Gasteiger partial charge in [-0.1, -0.05) is 36.1 Å². The van der Waals surface area contributed by atoms with Crippen molar-refractivity contribution in [1.82, 2.24) is 4.98 Å². The topological polar surface area (TPSA) is 15.8 Å². The average Bonchev–Trinajstić information content (AvgIpc) is 2.82. The Morgan fingerprint density at radius 2 is 2.05 bits per heavy atom. The quantitative estimate of drug-likeness (QED) is 0.598. The Morgan fingerprint density at radius 1 is 1.20 bits per heavy atom. The Kier molecular flexibility index (Phi) is 4.63. The summed E-state index contributed by atoms with van der Waals surface area (Å²) in [6.45, 7) is 6.15. The standard InChI is InChI=1S/C19H19N/c1-4-6-17(14-19-11-12-20-16(19)3)9-10-18-8-5-7-15(2)13-18/h4-8,11-14,20H,1-3H3/b6-4+,17-14+. The van der Waals surface area contributed by atoms with E-state index < -0.39 is 0 Å². The van der Waals surface area contributed by atoms with Gasteiger partial charge >= 0.3 is 0 Å². The van der Waals surface area contributed by atoms with Crippen molar-refractivity contribution in [2.24, 2.45) is 0 Å². The normalized spacial score (nSPS) is 11.4. The number of nitrogens with one attached hydrogen (secondary N) is 1. The molecule has 0 aliphatic rings. The number of aryl methyl sites for hydroxylation is 2. The average molecular weight is 261 g/mol. The molecular formula is C19H19N. The molecule has 0 unspecified atom stereocenters. The van der Waals surface area contributed by atoms with E-state index in [1.165, 1.54) is 11.1 Å². The first-order valence-corrected chi connectivity index (χ1v) is 6.76. The first-order valence-electron chi connectivity index (χ1n) is 6.76. The number of aromatic nitrogens is 1. The summed E-state index contributed by atoms with van der Waals surface area (Å²) in [5.41, 5.74) is 5.62. The molecule has 20 heavy (non-hydrogen) atoms. The van der Waals surface area contributed by atoms with E-state index in [0.29, 0.717) is 0 Å². The highest BCUT2D eigenvalue weighted by Crippen LogP contribution is 2.11. The van der Waals surface area contributed by atoms with Crippen molar-refractivity contribution in [3.05, 3.63) is 76.6 Å². The van der Waals surface area contributed by atoms with E-state index in [-0.39, 0.29) is 0 Å². The summed E-state index contributed by atoms with van der Waals surface area (Å²) in [5, 5.41) is 0. The van der Waals surface area contributed by atoms with Crippen LogP contribution in [0.1, 0.15) is 29.3 Å². The summed E-state index contributed by atoms with van der Waals surface area (Å²) >= 11 is 0. The molecule has 0 saturated heterocycles. The van der Waals surface area contributed by atoms with Crippen LogP contribution in [-0.4, -0.2) is 4.98 Å². The van der Waals surface area contributed by atoms with Crippen LogP contribution in [0.5, 0.6) is 0 Å². The van der Waals surface area contributed by atoms with E-state index in [1.807, 2.05) is 37.4 Å². The van der Waals surface area contributed by atoms with Gasteiger partial charge in [0.1, 0.15) is 0 Å². The summed E-state index contributed by atoms with van der Waals surface area (Å²) in [7, 11) is 0. The molecule has 0 aliphatic carbocycles. The van der Waals surface area contributed by atoms with Gasteiger partial charge in [-0.05, 0) is 56.2 Å². The van der Waals surface area contributed by atoms with Gasteiger partial charge in [-0.25, -0.2) is 0 Å². The molecule has 0 radical (unpaired) electrons. The molecule has 1 nitrogen and oxygen atoms in total. The van der Waals surface area contributed by atoms with Gasteiger partial charge in [0.05, 0.1) is 0 Å². The SMILES string of the molecule is C/C=C/C(C#Cc1cccc(C)c1)=C\c1cc[nH]c1C. The van der Waals surface area contributed by atoms with E-state index in [9.17, 15) is 0 Å². The number of rotatable bonds is 2. The highest BCUT2D eigenvalue weighted by atomic mass is 14.7. The van der Waals surface area contributed by atoms with Gasteiger partial charge in [0.25, 0.3) is 0 Å². The molecule has 2 aromatic rings. The van der Waals surface area contributed by atoms with E-state index in [2.05, 4.69) is 54.9 Å². The molecule has 1 N–H and O–H groups in total. The molecule has 0 bridgehead atoms. The molecule has 0 spiro atoms. The third kappa shape index (κ3) is 3.76. The molecule has 0 amide bonds. The summed E-state index contributed by atoms with van der Waals surface area (Å²) in [5.74, 6) is 6.46. The summed E-state index contributed by atoms with van der Waals surface area (Å²) in [6.07, 6.45) is 8.10. The van der Waals surface area contributed by atoms with Gasteiger partial charge in [0.2, 0.25) is 0 Å². The molecule has 1 aromatic carbocycles. The lowest BCUT2D eigenvalue weighted by Gasteiger charge is -1.95. The van der Waals surface area contributed by atoms with E-state index in [1.54, 1.807) is 0 Å². The molecule has 100 valence electrons. The van der Waals surface area contributed by atoms with Crippen molar-refractivity contribution in [1.29, 1.82) is 0 Å². The lowest BCUT2D eigenvalue weighted by molar-refractivity contribution is 1.26. The van der Waals surface area contributed by atoms with Gasteiger partial charge < -0.3 is 4.98 Å². The van der Waals surface area contributed by atoms with Gasteiger partial charge in [-0.15, -0.1) is 0 Å². The monoisotopic (exact) mass is 261 g/mol. The minimum Gasteiger partial charge on any atom is -0.365 e. The van der Waals surface area contributed by atoms with Crippen LogP contribution < -0.4 is 0 Å². The molecule has 2 rings (SSSR count). The van der Waals surface area contributed by atoms with Crippen LogP contribution in [0.3, 0.4) is 0 Å². The second-order valence-electron chi connectivity index (χ2n) is 4.78. The molecule has 1 heterocycles. The Morgan fingerprint density at radius 3 is 2.70 bits per heavy atom. The Balaban J connectivity index is 2.32. The van der Waals surface area contributed by atoms with Crippen LogP contribution in [-0.2, 0) is 0 Å². The molecular weight excluding hydrogens is 242 g/mol. The lowest BCUT2D eigenvalue weighted by atomic mass is 10.1. The van der Waals surface area contributed by atoms with Gasteiger partial charge in [0, 0.05) is 23.0 Å². The van der Waals surface area contributed by atoms with Crippen molar-refractivity contribution < 1.29 is 0 Å². The van der Waals surface area contributed by atoms with Crippen LogP contribution in [0.2, 0.25) is 0 Å². The zero-order chi connectivity index (χ0) is 14.4. The molecule has 0 fully saturated rings. The van der Waals surface area contributed by atoms with Crippen molar-refractivity contribution in [2.45, 2.75) is 20.8 Å². The van der Waals surface area contributed by atoms with Crippen molar-refractivity contribution in [3.8, 4) is 11.8 Å². The number of benzene rings is 1. The van der Waals surface area contributed by atoms with Gasteiger partial charge in [0.15, 0.2) is 0 Å². The predicted octanol–water partition coefficient (Wildman–Crippen LogP) is 4.64. The number of allylic oxidation sites excluding steroid dienone is 3. The summed E-state index contributed by atoms with van der Waals surface area (Å²) in [6, 6.07) is 10.3. The first kappa shape index (κ1) is 14.0. The highest BCUT2D eigenvalue weighted by molar-refractivity contribution is 5.64. The van der Waals surface area contributed by atoms with Crippen molar-refractivity contribution >= 4 is 6.08 Å². The molecule has 0 aliphatic heterocycles. The van der Waals surface area contributed by atoms with Gasteiger partial charge in [-0.2, -0.15) is 0 Å². The second kappa shape index (κ2) is 6.63. The lowest BCUT2D eigenvalue weighted by Crippen LogP contribution is -1.79. The van der Waals surface area contributed by atoms with Crippen LogP contribution >= 0.6 is 0 Å². The molecule has 0 saturated carbocycles. The smallest absolute Gasteiger partial charge is 0.0252 e. The van der Waals surface area contributed by atoms with Crippen LogP contribution in [0, 0.1) is 25.7 Å². The maximum atomic E-state index is 3.24. The molecule has 1 aromatic heterocycles. The summed E-state index contributed by atoms with van der Waals surface area (Å²) < 4.78 is 0. The Hall–Kier alpha value is -2.46. The maximum Gasteiger partial charge on any atom is 0.0252 e. The fourth-order valence-electron chi connectivity index (χ4n) is 1.96. The van der Waals surface area contributed by atoms with Crippen molar-refractivity contribution in [3.63, 3.8) is 0 Å². The maximum absolute atomic E-state index is 3.24. The highest BCUT2D eigenvalue weighted by Gasteiger charge is 1.96. The van der Waals surface area contributed by atoms with Crippen LogP contribution in [0.4, 0.5) is 0 Å². The minimum atomic E-state index is 1.01. The van der Waals surface area contributed by atoms with E-state index in [4.69, 9.17) is 0 Å². The van der Waals surface area contributed by atoms with E-state index in [0.717, 1.165) is 16.8 Å². The van der Waals surface area contributed by atoms with Crippen LogP contribution in [0.15, 0.2) is 54.3 Å². The predicted molar refractivity (Wildman–Crippen MR) is 86.4 cm³/mol. The van der Waals surface area contributed by atoms with Gasteiger partial charge in [-0.3, -0.25) is 0 Å². The largest absolute Gasteiger partial charge is 0.365 e. The minimum absolute atomic E-state index is 1.01. The zero-order valence-electron chi connectivity index (χ0n) is 12.2. The number of aromatic amines is 1. The number of hydrogen-bond acceptors (Lipinski definition) is 0. The Labute approximate surface area is 121 Å². The molecule has 0 atom stereocenters.